The molecule has 0 fully saturated rings. The zero-order chi connectivity index (χ0) is 31.6. The van der Waals surface area contributed by atoms with Gasteiger partial charge in [-0.2, -0.15) is 0 Å². The lowest BCUT2D eigenvalue weighted by Crippen LogP contribution is -1.96. The molecule has 0 aliphatic heterocycles. The third-order valence-corrected chi connectivity index (χ3v) is 9.89. The first-order valence-electron chi connectivity index (χ1n) is 16.5. The molecule has 2 heteroatoms. The summed E-state index contributed by atoms with van der Waals surface area (Å²) < 4.78 is 4.93. The molecule has 8 aromatic carbocycles. The summed E-state index contributed by atoms with van der Waals surface area (Å²) in [5.41, 5.74) is 12.0. The summed E-state index contributed by atoms with van der Waals surface area (Å²) >= 11 is 0. The monoisotopic (exact) mass is 610 g/mol. The summed E-state index contributed by atoms with van der Waals surface area (Å²) in [6.45, 7) is 0. The normalized spacial score (nSPS) is 11.8. The molecule has 2 nitrogen and oxygen atoms in total. The second kappa shape index (κ2) is 10.6. The van der Waals surface area contributed by atoms with Crippen molar-refractivity contribution >= 4 is 54.4 Å². The maximum atomic E-state index is 2.50. The van der Waals surface area contributed by atoms with E-state index in [1.807, 2.05) is 0 Å². The average molecular weight is 611 g/mol. The van der Waals surface area contributed by atoms with E-state index in [-0.39, 0.29) is 0 Å². The molecule has 10 aromatic rings. The van der Waals surface area contributed by atoms with Gasteiger partial charge in [0.25, 0.3) is 0 Å². The van der Waals surface area contributed by atoms with Crippen LogP contribution in [-0.4, -0.2) is 9.13 Å². The summed E-state index contributed by atoms with van der Waals surface area (Å²) in [6, 6.07) is 66.2. The van der Waals surface area contributed by atoms with Gasteiger partial charge in [0.2, 0.25) is 0 Å². The number of aromatic nitrogens is 2. The molecule has 0 aliphatic carbocycles. The van der Waals surface area contributed by atoms with Gasteiger partial charge in [0, 0.05) is 32.9 Å². The van der Waals surface area contributed by atoms with E-state index in [2.05, 4.69) is 191 Å². The molecular weight excluding hydrogens is 581 g/mol. The Bertz CT molecular complexity index is 2800. The van der Waals surface area contributed by atoms with Crippen LogP contribution < -0.4 is 0 Å². The largest absolute Gasteiger partial charge is 0.309 e. The van der Waals surface area contributed by atoms with Crippen molar-refractivity contribution in [1.82, 2.24) is 9.13 Å². The van der Waals surface area contributed by atoms with E-state index in [1.165, 1.54) is 76.6 Å². The first-order valence-corrected chi connectivity index (χ1v) is 16.5. The molecule has 0 aliphatic rings. The molecule has 0 unspecified atom stereocenters. The maximum absolute atomic E-state index is 2.50. The van der Waals surface area contributed by atoms with Crippen molar-refractivity contribution in [2.75, 3.05) is 0 Å². The maximum Gasteiger partial charge on any atom is 0.0641 e. The quantitative estimate of drug-likeness (QED) is 0.188. The van der Waals surface area contributed by atoms with Gasteiger partial charge in [-0.3, -0.25) is 0 Å². The van der Waals surface area contributed by atoms with Gasteiger partial charge in [0.05, 0.1) is 22.1 Å². The molecular formula is C46H30N2. The highest BCUT2D eigenvalue weighted by Gasteiger charge is 2.21. The highest BCUT2D eigenvalue weighted by molar-refractivity contribution is 6.26. The van der Waals surface area contributed by atoms with Gasteiger partial charge in [-0.15, -0.1) is 0 Å². The summed E-state index contributed by atoms with van der Waals surface area (Å²) in [7, 11) is 0. The molecule has 0 radical (unpaired) electrons. The Balaban J connectivity index is 1.31. The van der Waals surface area contributed by atoms with Gasteiger partial charge in [-0.1, -0.05) is 140 Å². The van der Waals surface area contributed by atoms with Crippen molar-refractivity contribution in [3.63, 3.8) is 0 Å². The van der Waals surface area contributed by atoms with Crippen LogP contribution in [0.15, 0.2) is 182 Å². The van der Waals surface area contributed by atoms with E-state index in [9.17, 15) is 0 Å². The van der Waals surface area contributed by atoms with Gasteiger partial charge < -0.3 is 9.13 Å². The average Bonchev–Trinajstić information content (AvgIpc) is 3.68. The van der Waals surface area contributed by atoms with Crippen LogP contribution in [-0.2, 0) is 0 Å². The molecule has 0 saturated heterocycles. The van der Waals surface area contributed by atoms with Crippen molar-refractivity contribution in [2.24, 2.45) is 0 Å². The van der Waals surface area contributed by atoms with Crippen LogP contribution >= 0.6 is 0 Å². The van der Waals surface area contributed by atoms with Crippen molar-refractivity contribution in [3.8, 4) is 33.6 Å². The molecule has 0 spiro atoms. The standard InChI is InChI=1S/C46H30N2/c1-3-11-31(12-4-1)34-19-23-37(24-20-34)47-42-18-10-9-17-41(42)45-43(47)28-27-40-39-26-22-36(32-13-5-2-6-14-32)30-44(39)48(46(40)45)38-25-21-33-15-7-8-16-35(33)29-38/h1-30H. The molecule has 0 bridgehead atoms. The van der Waals surface area contributed by atoms with Crippen LogP contribution in [0.2, 0.25) is 0 Å². The fourth-order valence-corrected chi connectivity index (χ4v) is 7.66. The van der Waals surface area contributed by atoms with Crippen LogP contribution in [0.25, 0.3) is 88.0 Å². The van der Waals surface area contributed by atoms with Gasteiger partial charge >= 0.3 is 0 Å². The molecule has 224 valence electrons. The molecule has 48 heavy (non-hydrogen) atoms. The predicted molar refractivity (Wildman–Crippen MR) is 203 cm³/mol. The number of nitrogens with zero attached hydrogens (tertiary/aromatic N) is 2. The SMILES string of the molecule is c1ccc(-c2ccc(-n3c4ccccc4c4c3ccc3c5ccc(-c6ccccc6)cc5n(-c5ccc6ccccc6c5)c34)cc2)cc1. The lowest BCUT2D eigenvalue weighted by Gasteiger charge is -2.12. The first-order chi connectivity index (χ1) is 23.8. The van der Waals surface area contributed by atoms with Crippen molar-refractivity contribution < 1.29 is 0 Å². The second-order valence-corrected chi connectivity index (χ2v) is 12.6. The van der Waals surface area contributed by atoms with Crippen LogP contribution in [0, 0.1) is 0 Å². The topological polar surface area (TPSA) is 9.86 Å². The summed E-state index contributed by atoms with van der Waals surface area (Å²) in [4.78, 5) is 0. The minimum absolute atomic E-state index is 1.15. The van der Waals surface area contributed by atoms with Gasteiger partial charge in [-0.25, -0.2) is 0 Å². The third-order valence-electron chi connectivity index (χ3n) is 9.89. The van der Waals surface area contributed by atoms with Crippen molar-refractivity contribution in [2.45, 2.75) is 0 Å². The number of hydrogen-bond donors (Lipinski definition) is 0. The molecule has 0 saturated carbocycles. The summed E-state index contributed by atoms with van der Waals surface area (Å²) in [5, 5.41) is 7.50. The van der Waals surface area contributed by atoms with Crippen molar-refractivity contribution in [3.05, 3.63) is 182 Å². The minimum Gasteiger partial charge on any atom is -0.309 e. The molecule has 2 aromatic heterocycles. The smallest absolute Gasteiger partial charge is 0.0641 e. The number of fused-ring (bicyclic) bond motifs is 8. The summed E-state index contributed by atoms with van der Waals surface area (Å²) in [5.74, 6) is 0. The van der Waals surface area contributed by atoms with E-state index in [1.54, 1.807) is 0 Å². The predicted octanol–water partition coefficient (Wildman–Crippen LogP) is 12.4. The number of hydrogen-bond acceptors (Lipinski definition) is 0. The fourth-order valence-electron chi connectivity index (χ4n) is 7.66. The Morgan fingerprint density at radius 2 is 0.896 bits per heavy atom. The fraction of sp³-hybridized carbons (Fsp3) is 0. The van der Waals surface area contributed by atoms with Crippen LogP contribution in [0.1, 0.15) is 0 Å². The van der Waals surface area contributed by atoms with E-state index in [4.69, 9.17) is 0 Å². The number of benzene rings is 8. The van der Waals surface area contributed by atoms with E-state index < -0.39 is 0 Å². The van der Waals surface area contributed by atoms with Gasteiger partial charge in [0.15, 0.2) is 0 Å². The summed E-state index contributed by atoms with van der Waals surface area (Å²) in [6.07, 6.45) is 0. The zero-order valence-electron chi connectivity index (χ0n) is 26.2. The van der Waals surface area contributed by atoms with Crippen LogP contribution in [0.4, 0.5) is 0 Å². The minimum atomic E-state index is 1.15. The highest BCUT2D eigenvalue weighted by Crippen LogP contribution is 2.43. The van der Waals surface area contributed by atoms with Gasteiger partial charge in [-0.05, 0) is 75.5 Å². The van der Waals surface area contributed by atoms with E-state index in [0.717, 1.165) is 11.4 Å². The van der Waals surface area contributed by atoms with Gasteiger partial charge in [0.1, 0.15) is 0 Å². The Morgan fingerprint density at radius 3 is 1.69 bits per heavy atom. The molecule has 2 heterocycles. The van der Waals surface area contributed by atoms with Crippen molar-refractivity contribution in [1.29, 1.82) is 0 Å². The first kappa shape index (κ1) is 26.8. The van der Waals surface area contributed by atoms with Crippen LogP contribution in [0.5, 0.6) is 0 Å². The number of para-hydroxylation sites is 1. The molecule has 10 rings (SSSR count). The Morgan fingerprint density at radius 1 is 0.292 bits per heavy atom. The third kappa shape index (κ3) is 4.06. The Labute approximate surface area is 278 Å². The molecule has 0 amide bonds. The number of rotatable bonds is 4. The highest BCUT2D eigenvalue weighted by atomic mass is 15.0. The Hall–Kier alpha value is -6.38. The lowest BCUT2D eigenvalue weighted by molar-refractivity contribution is 1.18. The lowest BCUT2D eigenvalue weighted by atomic mass is 10.0. The molecule has 0 N–H and O–H groups in total. The van der Waals surface area contributed by atoms with E-state index >= 15 is 0 Å². The van der Waals surface area contributed by atoms with E-state index in [0.29, 0.717) is 0 Å². The Kier molecular flexibility index (Phi) is 5.91. The van der Waals surface area contributed by atoms with Crippen LogP contribution in [0.3, 0.4) is 0 Å². The molecule has 0 atom stereocenters. The zero-order valence-corrected chi connectivity index (χ0v) is 26.2. The second-order valence-electron chi connectivity index (χ2n) is 12.6.